The van der Waals surface area contributed by atoms with Crippen molar-refractivity contribution in [3.63, 3.8) is 0 Å². The predicted octanol–water partition coefficient (Wildman–Crippen LogP) is 16.9. The molecule has 71 heavy (non-hydrogen) atoms. The van der Waals surface area contributed by atoms with E-state index < -0.39 is 0 Å². The van der Waals surface area contributed by atoms with Crippen LogP contribution in [0.25, 0.3) is 28.5 Å². The number of aromatic nitrogens is 3. The van der Waals surface area contributed by atoms with Gasteiger partial charge in [0.1, 0.15) is 0 Å². The molecule has 0 radical (unpaired) electrons. The minimum atomic E-state index is -0.138. The second-order valence-corrected chi connectivity index (χ2v) is 20.8. The summed E-state index contributed by atoms with van der Waals surface area (Å²) in [7, 11) is 0. The first-order chi connectivity index (χ1) is 34.5. The fourth-order valence-electron chi connectivity index (χ4n) is 11.9. The zero-order chi connectivity index (χ0) is 48.2. The van der Waals surface area contributed by atoms with Gasteiger partial charge in [-0.05, 0) is 143 Å². The first kappa shape index (κ1) is 42.6. The summed E-state index contributed by atoms with van der Waals surface area (Å²) in [6.45, 7) is 14.0. The lowest BCUT2D eigenvalue weighted by Gasteiger charge is -2.42. The number of hydrogen-bond donors (Lipinski definition) is 0. The standard InChI is InChI=1S/C65H54N6/c1-63(2)49-19-7-13-25-55(49)68(56-26-14-8-20-50(56)63)45-35-31-43(32-36-45)61-66-62(44-33-37-46(38-34-44)69-57-27-15-9-21-51(57)64(3,4)52-22-10-16-28-58(52)69)71(67-61)48-41-39-47(40-42-48)70-59-29-17-11-23-53(59)65(5,6)54-24-12-18-30-60(54)70/h7-42H,1-6H3. The van der Waals surface area contributed by atoms with Crippen LogP contribution in [0.2, 0.25) is 0 Å². The van der Waals surface area contributed by atoms with Crippen molar-refractivity contribution in [1.29, 1.82) is 0 Å². The van der Waals surface area contributed by atoms with Crippen molar-refractivity contribution in [1.82, 2.24) is 14.8 Å². The lowest BCUT2D eigenvalue weighted by atomic mass is 9.73. The van der Waals surface area contributed by atoms with Crippen molar-refractivity contribution in [3.05, 3.63) is 252 Å². The van der Waals surface area contributed by atoms with Gasteiger partial charge in [-0.25, -0.2) is 9.67 Å². The molecule has 13 rings (SSSR count). The lowest BCUT2D eigenvalue weighted by Crippen LogP contribution is -2.30. The zero-order valence-corrected chi connectivity index (χ0v) is 41.0. The Bertz CT molecular complexity index is 3380. The maximum Gasteiger partial charge on any atom is 0.182 e. The fraction of sp³-hybridized carbons (Fsp3) is 0.138. The van der Waals surface area contributed by atoms with E-state index in [0.717, 1.165) is 39.7 Å². The van der Waals surface area contributed by atoms with Crippen LogP contribution in [0.5, 0.6) is 0 Å². The minimum Gasteiger partial charge on any atom is -0.310 e. The molecule has 3 aliphatic rings. The van der Waals surface area contributed by atoms with Crippen LogP contribution >= 0.6 is 0 Å². The molecule has 0 aliphatic carbocycles. The fourth-order valence-corrected chi connectivity index (χ4v) is 11.9. The zero-order valence-electron chi connectivity index (χ0n) is 41.0. The van der Waals surface area contributed by atoms with Gasteiger partial charge in [0.05, 0.1) is 39.8 Å². The molecule has 4 heterocycles. The minimum absolute atomic E-state index is 0.132. The van der Waals surface area contributed by atoms with E-state index in [9.17, 15) is 0 Å². The van der Waals surface area contributed by atoms with Gasteiger partial charge in [0, 0.05) is 44.4 Å². The molecule has 0 bridgehead atoms. The molecule has 1 aromatic heterocycles. The summed E-state index contributed by atoms with van der Waals surface area (Å²) in [5, 5.41) is 5.35. The maximum absolute atomic E-state index is 5.40. The molecule has 0 atom stereocenters. The van der Waals surface area contributed by atoms with E-state index in [1.165, 1.54) is 67.5 Å². The third-order valence-electron chi connectivity index (χ3n) is 15.6. The molecule has 0 unspecified atom stereocenters. The molecule has 6 heteroatoms. The summed E-state index contributed by atoms with van der Waals surface area (Å²) < 4.78 is 2.01. The van der Waals surface area contributed by atoms with Crippen LogP contribution in [0.4, 0.5) is 51.2 Å². The molecule has 0 saturated heterocycles. The van der Waals surface area contributed by atoms with Gasteiger partial charge in [-0.2, -0.15) is 0 Å². The molecule has 0 spiro atoms. The number of anilines is 9. The van der Waals surface area contributed by atoms with Crippen molar-refractivity contribution in [3.8, 4) is 28.5 Å². The van der Waals surface area contributed by atoms with Crippen LogP contribution in [0.1, 0.15) is 74.9 Å². The van der Waals surface area contributed by atoms with Gasteiger partial charge < -0.3 is 14.7 Å². The third kappa shape index (κ3) is 6.47. The van der Waals surface area contributed by atoms with Gasteiger partial charge in [0.2, 0.25) is 0 Å². The molecule has 10 aromatic rings. The molecule has 0 fully saturated rings. The normalized spacial score (nSPS) is 15.4. The SMILES string of the molecule is CC1(C)c2ccccc2N(c2ccc(-c3nc(-c4ccc(N5c6ccccc6C(C)(C)c6ccccc65)cc4)n(-c4ccc(N5c6ccccc6C(C)(C)c6ccccc65)cc4)n3)cc2)c2ccccc21. The predicted molar refractivity (Wildman–Crippen MR) is 293 cm³/mol. The Hall–Kier alpha value is -8.48. The van der Waals surface area contributed by atoms with Crippen LogP contribution in [-0.2, 0) is 16.2 Å². The highest BCUT2D eigenvalue weighted by atomic mass is 15.4. The highest BCUT2D eigenvalue weighted by Crippen LogP contribution is 2.55. The smallest absolute Gasteiger partial charge is 0.182 e. The summed E-state index contributed by atoms with van der Waals surface area (Å²) in [6.07, 6.45) is 0. The molecule has 344 valence electrons. The lowest BCUT2D eigenvalue weighted by molar-refractivity contribution is 0.631. The molecule has 6 nitrogen and oxygen atoms in total. The van der Waals surface area contributed by atoms with Crippen LogP contribution in [0, 0.1) is 0 Å². The monoisotopic (exact) mass is 918 g/mol. The van der Waals surface area contributed by atoms with Crippen molar-refractivity contribution >= 4 is 51.2 Å². The largest absolute Gasteiger partial charge is 0.310 e. The van der Waals surface area contributed by atoms with Crippen molar-refractivity contribution < 1.29 is 0 Å². The van der Waals surface area contributed by atoms with Crippen LogP contribution < -0.4 is 14.7 Å². The number of fused-ring (bicyclic) bond motifs is 6. The van der Waals surface area contributed by atoms with Crippen LogP contribution in [0.15, 0.2) is 218 Å². The second kappa shape index (κ2) is 15.8. The highest BCUT2D eigenvalue weighted by molar-refractivity contribution is 5.89. The average molecular weight is 919 g/mol. The summed E-state index contributed by atoms with van der Waals surface area (Å²) >= 11 is 0. The second-order valence-electron chi connectivity index (χ2n) is 20.8. The molecular formula is C65H54N6. The molecule has 9 aromatic carbocycles. The van der Waals surface area contributed by atoms with Gasteiger partial charge in [0.15, 0.2) is 11.6 Å². The van der Waals surface area contributed by atoms with Crippen molar-refractivity contribution in [2.45, 2.75) is 57.8 Å². The quantitative estimate of drug-likeness (QED) is 0.166. The average Bonchev–Trinajstić information content (AvgIpc) is 3.85. The summed E-state index contributed by atoms with van der Waals surface area (Å²) in [5.74, 6) is 1.42. The summed E-state index contributed by atoms with van der Waals surface area (Å²) in [4.78, 5) is 12.6. The molecular weight excluding hydrogens is 865 g/mol. The molecule has 3 aliphatic heterocycles. The Kier molecular flexibility index (Phi) is 9.47. The number of para-hydroxylation sites is 6. The van der Waals surface area contributed by atoms with E-state index in [4.69, 9.17) is 10.1 Å². The topological polar surface area (TPSA) is 40.4 Å². The number of nitrogens with zero attached hydrogens (tertiary/aromatic N) is 6. The Morgan fingerprint density at radius 1 is 0.282 bits per heavy atom. The van der Waals surface area contributed by atoms with E-state index in [1.807, 2.05) is 4.68 Å². The van der Waals surface area contributed by atoms with Gasteiger partial charge in [0.25, 0.3) is 0 Å². The number of benzene rings is 9. The summed E-state index contributed by atoms with van der Waals surface area (Å²) in [5.41, 5.74) is 20.7. The Balaban J connectivity index is 0.913. The Morgan fingerprint density at radius 2 is 0.535 bits per heavy atom. The number of rotatable bonds is 6. The van der Waals surface area contributed by atoms with Crippen LogP contribution in [0.3, 0.4) is 0 Å². The third-order valence-corrected chi connectivity index (χ3v) is 15.6. The van der Waals surface area contributed by atoms with E-state index in [0.29, 0.717) is 5.82 Å². The van der Waals surface area contributed by atoms with E-state index in [2.05, 4.69) is 275 Å². The highest BCUT2D eigenvalue weighted by Gasteiger charge is 2.39. The van der Waals surface area contributed by atoms with E-state index in [1.54, 1.807) is 0 Å². The van der Waals surface area contributed by atoms with Gasteiger partial charge in [-0.15, -0.1) is 5.10 Å². The van der Waals surface area contributed by atoms with Crippen molar-refractivity contribution in [2.24, 2.45) is 0 Å². The molecule has 0 amide bonds. The molecule has 0 saturated carbocycles. The van der Waals surface area contributed by atoms with Gasteiger partial charge in [-0.1, -0.05) is 151 Å². The van der Waals surface area contributed by atoms with E-state index >= 15 is 0 Å². The van der Waals surface area contributed by atoms with Gasteiger partial charge >= 0.3 is 0 Å². The Labute approximate surface area is 416 Å². The number of hydrogen-bond acceptors (Lipinski definition) is 5. The van der Waals surface area contributed by atoms with E-state index in [-0.39, 0.29) is 16.2 Å². The first-order valence-electron chi connectivity index (χ1n) is 24.8. The Morgan fingerprint density at radius 3 is 0.845 bits per heavy atom. The summed E-state index contributed by atoms with van der Waals surface area (Å²) in [6, 6.07) is 79.1. The van der Waals surface area contributed by atoms with Gasteiger partial charge in [-0.3, -0.25) is 0 Å². The molecule has 0 N–H and O–H groups in total. The van der Waals surface area contributed by atoms with Crippen molar-refractivity contribution in [2.75, 3.05) is 14.7 Å². The first-order valence-corrected chi connectivity index (χ1v) is 24.8. The van der Waals surface area contributed by atoms with Crippen LogP contribution in [-0.4, -0.2) is 14.8 Å². The maximum atomic E-state index is 5.40.